The highest BCUT2D eigenvalue weighted by atomic mass is 16.6. The van der Waals surface area contributed by atoms with E-state index in [9.17, 15) is 24.3 Å². The second-order valence-electron chi connectivity index (χ2n) is 12.7. The first-order chi connectivity index (χ1) is 22.5. The summed E-state index contributed by atoms with van der Waals surface area (Å²) in [5, 5.41) is 13.2. The van der Waals surface area contributed by atoms with E-state index in [1.54, 1.807) is 24.1 Å². The SMILES string of the molecule is CC(C)C[C@H](CC(=O)[C@@H](NC(=O)c1cccc(-c2ccccc2)n1)[C@@H](C)O)B1OC(=O)[C@H]2CN(c3ccccc3)C[C@H](C(=O)O1)N2C. The molecular weight excluding hydrogens is 599 g/mol. The number of likely N-dealkylation sites (N-methyl/N-ethyl adjacent to an activating group) is 1. The lowest BCUT2D eigenvalue weighted by molar-refractivity contribution is -0.155. The van der Waals surface area contributed by atoms with Gasteiger partial charge in [-0.25, -0.2) is 4.98 Å². The van der Waals surface area contributed by atoms with E-state index >= 15 is 0 Å². The quantitative estimate of drug-likeness (QED) is 0.300. The molecule has 2 aliphatic heterocycles. The second kappa shape index (κ2) is 14.9. The fourth-order valence-corrected chi connectivity index (χ4v) is 6.20. The molecule has 1 amide bonds. The normalized spacial score (nSPS) is 20.4. The molecule has 12 heteroatoms. The number of nitrogens with one attached hydrogen (secondary N) is 1. The molecule has 5 atom stereocenters. The zero-order chi connectivity index (χ0) is 33.7. The third kappa shape index (κ3) is 8.06. The number of amides is 1. The first-order valence-corrected chi connectivity index (χ1v) is 16.0. The van der Waals surface area contributed by atoms with Crippen LogP contribution in [0.1, 0.15) is 44.1 Å². The Kier molecular flexibility index (Phi) is 10.7. The van der Waals surface area contributed by atoms with E-state index in [1.165, 1.54) is 13.0 Å². The highest BCUT2D eigenvalue weighted by Crippen LogP contribution is 2.32. The van der Waals surface area contributed by atoms with Gasteiger partial charge in [0, 0.05) is 36.6 Å². The minimum atomic E-state index is -1.31. The third-order valence-corrected chi connectivity index (χ3v) is 8.69. The predicted octanol–water partition coefficient (Wildman–Crippen LogP) is 3.38. The van der Waals surface area contributed by atoms with Crippen molar-refractivity contribution in [1.82, 2.24) is 15.2 Å². The van der Waals surface area contributed by atoms with Crippen LogP contribution < -0.4 is 10.2 Å². The van der Waals surface area contributed by atoms with E-state index in [2.05, 4.69) is 10.3 Å². The molecule has 3 heterocycles. The van der Waals surface area contributed by atoms with Crippen LogP contribution >= 0.6 is 0 Å². The summed E-state index contributed by atoms with van der Waals surface area (Å²) in [5.41, 5.74) is 2.38. The van der Waals surface area contributed by atoms with Crippen molar-refractivity contribution in [3.05, 3.63) is 84.6 Å². The van der Waals surface area contributed by atoms with Crippen molar-refractivity contribution in [3.8, 4) is 11.3 Å². The van der Waals surface area contributed by atoms with Gasteiger partial charge >= 0.3 is 19.1 Å². The summed E-state index contributed by atoms with van der Waals surface area (Å²) in [4.78, 5) is 62.2. The molecular formula is C35H41BN4O7. The molecule has 11 nitrogen and oxygen atoms in total. The lowest BCUT2D eigenvalue weighted by Gasteiger charge is -2.45. The summed E-state index contributed by atoms with van der Waals surface area (Å²) < 4.78 is 11.7. The monoisotopic (exact) mass is 640 g/mol. The number of aliphatic hydroxyl groups is 1. The van der Waals surface area contributed by atoms with Gasteiger partial charge in [0.2, 0.25) is 0 Å². The molecule has 3 aromatic rings. The molecule has 0 unspecified atom stereocenters. The molecule has 2 saturated heterocycles. The van der Waals surface area contributed by atoms with Crippen molar-refractivity contribution in [2.24, 2.45) is 5.92 Å². The molecule has 2 aliphatic rings. The molecule has 246 valence electrons. The summed E-state index contributed by atoms with van der Waals surface area (Å²) in [6.07, 6.45) is -1.06. The summed E-state index contributed by atoms with van der Waals surface area (Å²) in [6, 6.07) is 21.2. The number of hydrogen-bond donors (Lipinski definition) is 2. The van der Waals surface area contributed by atoms with Crippen LogP contribution in [-0.2, 0) is 23.7 Å². The first kappa shape index (κ1) is 33.8. The first-order valence-electron chi connectivity index (χ1n) is 16.0. The molecule has 0 radical (unpaired) electrons. The molecule has 0 saturated carbocycles. The van der Waals surface area contributed by atoms with Gasteiger partial charge in [-0.2, -0.15) is 0 Å². The van der Waals surface area contributed by atoms with E-state index in [4.69, 9.17) is 9.31 Å². The van der Waals surface area contributed by atoms with Gasteiger partial charge < -0.3 is 24.6 Å². The molecule has 2 N–H and O–H groups in total. The van der Waals surface area contributed by atoms with Crippen LogP contribution in [0.5, 0.6) is 0 Å². The van der Waals surface area contributed by atoms with Gasteiger partial charge in [-0.3, -0.25) is 24.1 Å². The van der Waals surface area contributed by atoms with Crippen LogP contribution in [-0.4, -0.2) is 90.1 Å². The number of piperazine rings is 1. The van der Waals surface area contributed by atoms with Crippen LogP contribution in [0, 0.1) is 5.92 Å². The third-order valence-electron chi connectivity index (χ3n) is 8.69. The van der Waals surface area contributed by atoms with Crippen molar-refractivity contribution in [2.75, 3.05) is 25.0 Å². The van der Waals surface area contributed by atoms with Crippen LogP contribution in [0.2, 0.25) is 5.82 Å². The van der Waals surface area contributed by atoms with Crippen molar-refractivity contribution in [3.63, 3.8) is 0 Å². The van der Waals surface area contributed by atoms with Gasteiger partial charge in [0.1, 0.15) is 23.8 Å². The Morgan fingerprint density at radius 2 is 1.51 bits per heavy atom. The summed E-state index contributed by atoms with van der Waals surface area (Å²) in [5.74, 6) is -2.87. The van der Waals surface area contributed by atoms with Crippen molar-refractivity contribution in [2.45, 2.75) is 63.7 Å². The number of para-hydroxylation sites is 1. The fraction of sp³-hybridized carbons (Fsp3) is 0.400. The molecule has 0 spiro atoms. The van der Waals surface area contributed by atoms with Crippen LogP contribution in [0.4, 0.5) is 5.69 Å². The van der Waals surface area contributed by atoms with Gasteiger partial charge in [0.15, 0.2) is 5.78 Å². The molecule has 2 aromatic carbocycles. The second-order valence-corrected chi connectivity index (χ2v) is 12.7. The number of Topliss-reactive ketones (excluding diaryl/α,β-unsaturated/α-hetero) is 1. The van der Waals surface area contributed by atoms with Gasteiger partial charge in [-0.05, 0) is 50.6 Å². The van der Waals surface area contributed by atoms with E-state index in [0.29, 0.717) is 25.2 Å². The summed E-state index contributed by atoms with van der Waals surface area (Å²) in [7, 11) is 0.397. The minimum absolute atomic E-state index is 0.0518. The number of rotatable bonds is 11. The standard InChI is InChI=1S/C35H41BN4O7/c1-22(2)18-25(36-46-34(44)29-20-40(26-14-9-6-10-15-26)21-30(39(29)4)35(45)47-36)19-31(42)32(23(3)41)38-33(43)28-17-11-16-27(37-28)24-12-7-5-8-13-24/h5-17,22-23,25,29-30,32,41H,18-21H2,1-4H3,(H,38,43)/t23-,25-,29-,30-,32+/m1/s1. The number of anilines is 1. The molecule has 47 heavy (non-hydrogen) atoms. The number of aromatic nitrogens is 1. The number of carbonyl (C=O) groups is 4. The molecule has 2 fully saturated rings. The van der Waals surface area contributed by atoms with E-state index in [0.717, 1.165) is 11.3 Å². The number of fused-ring (bicyclic) bond motifs is 2. The highest BCUT2D eigenvalue weighted by molar-refractivity contribution is 6.51. The van der Waals surface area contributed by atoms with Gasteiger partial charge in [-0.15, -0.1) is 0 Å². The van der Waals surface area contributed by atoms with Crippen LogP contribution in [0.3, 0.4) is 0 Å². The molecule has 2 bridgehead atoms. The van der Waals surface area contributed by atoms with Gasteiger partial charge in [0.05, 0.1) is 11.8 Å². The number of benzene rings is 2. The van der Waals surface area contributed by atoms with E-state index in [1.807, 2.05) is 79.4 Å². The Morgan fingerprint density at radius 1 is 0.915 bits per heavy atom. The van der Waals surface area contributed by atoms with E-state index < -0.39 is 60.8 Å². The van der Waals surface area contributed by atoms with Crippen molar-refractivity contribution < 1.29 is 33.6 Å². The Balaban J connectivity index is 1.32. The van der Waals surface area contributed by atoms with Crippen molar-refractivity contribution >= 4 is 36.4 Å². The van der Waals surface area contributed by atoms with E-state index in [-0.39, 0.29) is 18.0 Å². The largest absolute Gasteiger partial charge is 0.602 e. The van der Waals surface area contributed by atoms with Crippen molar-refractivity contribution in [1.29, 1.82) is 0 Å². The average molecular weight is 641 g/mol. The maximum Gasteiger partial charge on any atom is 0.602 e. The zero-order valence-corrected chi connectivity index (χ0v) is 27.1. The maximum atomic E-state index is 13.7. The lowest BCUT2D eigenvalue weighted by Crippen LogP contribution is -2.65. The van der Waals surface area contributed by atoms with Gasteiger partial charge in [0.25, 0.3) is 5.91 Å². The Morgan fingerprint density at radius 3 is 2.09 bits per heavy atom. The maximum absolute atomic E-state index is 13.7. The molecule has 5 rings (SSSR count). The molecule has 0 aliphatic carbocycles. The number of hydrogen-bond acceptors (Lipinski definition) is 10. The number of pyridine rings is 1. The summed E-state index contributed by atoms with van der Waals surface area (Å²) >= 11 is 0. The Labute approximate surface area is 275 Å². The number of aliphatic hydroxyl groups excluding tert-OH is 1. The van der Waals surface area contributed by atoms with Crippen LogP contribution in [0.25, 0.3) is 11.3 Å². The summed E-state index contributed by atoms with van der Waals surface area (Å²) in [6.45, 7) is 5.95. The lowest BCUT2D eigenvalue weighted by atomic mass is 9.64. The number of carbonyl (C=O) groups excluding carboxylic acids is 4. The zero-order valence-electron chi connectivity index (χ0n) is 27.1. The Hall–Kier alpha value is -4.55. The number of ketones is 1. The molecule has 1 aromatic heterocycles. The smallest absolute Gasteiger partial charge is 0.498 e. The van der Waals surface area contributed by atoms with Gasteiger partial charge in [-0.1, -0.05) is 68.4 Å². The number of nitrogens with zero attached hydrogens (tertiary/aromatic N) is 3. The Bertz CT molecular complexity index is 1540. The van der Waals surface area contributed by atoms with Crippen LogP contribution in [0.15, 0.2) is 78.9 Å². The fourth-order valence-electron chi connectivity index (χ4n) is 6.20. The minimum Gasteiger partial charge on any atom is -0.498 e. The highest BCUT2D eigenvalue weighted by Gasteiger charge is 2.50. The topological polar surface area (TPSA) is 138 Å². The predicted molar refractivity (Wildman–Crippen MR) is 177 cm³/mol. The average Bonchev–Trinajstić information content (AvgIpc) is 3.06.